The smallest absolute Gasteiger partial charge is 0.159 e. The lowest BCUT2D eigenvalue weighted by atomic mass is 10.0. The van der Waals surface area contributed by atoms with Gasteiger partial charge in [-0.2, -0.15) is 0 Å². The van der Waals surface area contributed by atoms with E-state index >= 15 is 0 Å². The molecule has 0 aliphatic carbocycles. The zero-order valence-corrected chi connectivity index (χ0v) is 12.0. The Balaban J connectivity index is 1.84. The van der Waals surface area contributed by atoms with Crippen LogP contribution in [0.4, 0.5) is 8.78 Å². The van der Waals surface area contributed by atoms with Crippen molar-refractivity contribution in [3.8, 4) is 0 Å². The highest BCUT2D eigenvalue weighted by Gasteiger charge is 2.10. The second kappa shape index (κ2) is 7.29. The number of nitrogens with one attached hydrogen (secondary N) is 1. The van der Waals surface area contributed by atoms with Crippen LogP contribution in [0.15, 0.2) is 48.5 Å². The van der Waals surface area contributed by atoms with Gasteiger partial charge in [-0.25, -0.2) is 8.78 Å². The molecule has 3 N–H and O–H groups in total. The summed E-state index contributed by atoms with van der Waals surface area (Å²) in [6.07, 6.45) is 0.655. The van der Waals surface area contributed by atoms with Crippen molar-refractivity contribution < 1.29 is 8.78 Å². The Hall–Kier alpha value is -1.78. The van der Waals surface area contributed by atoms with Crippen LogP contribution < -0.4 is 11.1 Å². The number of hydrogen-bond donors (Lipinski definition) is 2. The quantitative estimate of drug-likeness (QED) is 0.851. The van der Waals surface area contributed by atoms with Crippen LogP contribution >= 0.6 is 0 Å². The van der Waals surface area contributed by atoms with Gasteiger partial charge in [0.15, 0.2) is 11.6 Å². The molecule has 0 amide bonds. The third kappa shape index (κ3) is 4.34. The maximum atomic E-state index is 13.2. The largest absolute Gasteiger partial charge is 0.324 e. The summed E-state index contributed by atoms with van der Waals surface area (Å²) in [5.41, 5.74) is 7.83. The molecule has 2 nitrogen and oxygen atoms in total. The van der Waals surface area contributed by atoms with Gasteiger partial charge in [-0.1, -0.05) is 36.4 Å². The van der Waals surface area contributed by atoms with Crippen molar-refractivity contribution in [3.05, 3.63) is 71.3 Å². The first-order valence-electron chi connectivity index (χ1n) is 7.07. The number of nitrogens with two attached hydrogens (primary N) is 1. The van der Waals surface area contributed by atoms with E-state index in [1.54, 1.807) is 0 Å². The summed E-state index contributed by atoms with van der Waals surface area (Å²) >= 11 is 0. The first kappa shape index (κ1) is 15.6. The fourth-order valence-corrected chi connectivity index (χ4v) is 2.22. The van der Waals surface area contributed by atoms with E-state index in [1.807, 2.05) is 18.2 Å². The zero-order chi connectivity index (χ0) is 15.2. The second-order valence-corrected chi connectivity index (χ2v) is 5.16. The van der Waals surface area contributed by atoms with Gasteiger partial charge in [0.1, 0.15) is 0 Å². The molecule has 4 heteroatoms. The minimum Gasteiger partial charge on any atom is -0.324 e. The molecule has 1 unspecified atom stereocenters. The van der Waals surface area contributed by atoms with Crippen LogP contribution in [0.1, 0.15) is 36.6 Å². The molecule has 0 aromatic heterocycles. The monoisotopic (exact) mass is 290 g/mol. The summed E-state index contributed by atoms with van der Waals surface area (Å²) in [4.78, 5) is 0. The molecule has 0 aliphatic heterocycles. The third-order valence-corrected chi connectivity index (χ3v) is 3.58. The summed E-state index contributed by atoms with van der Waals surface area (Å²) in [6, 6.07) is 13.8. The molecular formula is C17H20F2N2. The van der Waals surface area contributed by atoms with Crippen LogP contribution in [0.3, 0.4) is 0 Å². The minimum absolute atomic E-state index is 0.225. The van der Waals surface area contributed by atoms with Gasteiger partial charge < -0.3 is 11.1 Å². The Morgan fingerprint density at radius 2 is 1.71 bits per heavy atom. The Morgan fingerprint density at radius 1 is 1.00 bits per heavy atom. The molecule has 2 atom stereocenters. The van der Waals surface area contributed by atoms with Crippen molar-refractivity contribution >= 4 is 0 Å². The summed E-state index contributed by atoms with van der Waals surface area (Å²) in [5, 5.41) is 3.38. The molecule has 2 aromatic carbocycles. The lowest BCUT2D eigenvalue weighted by Gasteiger charge is -2.17. The molecule has 0 bridgehead atoms. The SMILES string of the molecule is C[C@@H](NCCC(N)c1ccc(F)c(F)c1)c1ccccc1. The molecule has 0 fully saturated rings. The van der Waals surface area contributed by atoms with E-state index in [2.05, 4.69) is 24.4 Å². The van der Waals surface area contributed by atoms with Gasteiger partial charge >= 0.3 is 0 Å². The molecular weight excluding hydrogens is 270 g/mol. The highest BCUT2D eigenvalue weighted by Crippen LogP contribution is 2.17. The third-order valence-electron chi connectivity index (χ3n) is 3.58. The van der Waals surface area contributed by atoms with E-state index in [-0.39, 0.29) is 12.1 Å². The molecule has 0 spiro atoms. The van der Waals surface area contributed by atoms with Crippen LogP contribution in [-0.2, 0) is 0 Å². The van der Waals surface area contributed by atoms with E-state index < -0.39 is 11.6 Å². The predicted molar refractivity (Wildman–Crippen MR) is 80.8 cm³/mol. The van der Waals surface area contributed by atoms with Gasteiger partial charge in [-0.3, -0.25) is 0 Å². The maximum Gasteiger partial charge on any atom is 0.159 e. The average Bonchev–Trinajstić information content (AvgIpc) is 2.50. The van der Waals surface area contributed by atoms with Crippen molar-refractivity contribution in [1.82, 2.24) is 5.32 Å². The van der Waals surface area contributed by atoms with Crippen LogP contribution in [0.5, 0.6) is 0 Å². The molecule has 2 aromatic rings. The molecule has 0 saturated heterocycles. The van der Waals surface area contributed by atoms with Crippen molar-refractivity contribution in [2.24, 2.45) is 5.73 Å². The zero-order valence-electron chi connectivity index (χ0n) is 12.0. The Morgan fingerprint density at radius 3 is 2.38 bits per heavy atom. The fraction of sp³-hybridized carbons (Fsp3) is 0.294. The van der Waals surface area contributed by atoms with E-state index in [0.717, 1.165) is 6.07 Å². The van der Waals surface area contributed by atoms with Gasteiger partial charge in [0.25, 0.3) is 0 Å². The van der Waals surface area contributed by atoms with Crippen LogP contribution in [-0.4, -0.2) is 6.54 Å². The molecule has 0 radical (unpaired) electrons. The average molecular weight is 290 g/mol. The molecule has 2 rings (SSSR count). The van der Waals surface area contributed by atoms with Gasteiger partial charge in [-0.05, 0) is 43.1 Å². The van der Waals surface area contributed by atoms with Gasteiger partial charge in [0.05, 0.1) is 0 Å². The number of benzene rings is 2. The van der Waals surface area contributed by atoms with E-state index in [4.69, 9.17) is 5.73 Å². The normalized spacial score (nSPS) is 13.9. The summed E-state index contributed by atoms with van der Waals surface area (Å²) in [5.74, 6) is -1.70. The van der Waals surface area contributed by atoms with Crippen molar-refractivity contribution in [2.45, 2.75) is 25.4 Å². The molecule has 112 valence electrons. The standard InChI is InChI=1S/C17H20F2N2/c1-12(13-5-3-2-4-6-13)21-10-9-17(20)14-7-8-15(18)16(19)11-14/h2-8,11-12,17,21H,9-10,20H2,1H3/t12-,17?/m1/s1. The summed E-state index contributed by atoms with van der Waals surface area (Å²) in [7, 11) is 0. The number of rotatable bonds is 6. The molecule has 0 aliphatic rings. The Kier molecular flexibility index (Phi) is 5.42. The first-order chi connectivity index (χ1) is 10.1. The summed E-state index contributed by atoms with van der Waals surface area (Å²) < 4.78 is 26.0. The predicted octanol–water partition coefficient (Wildman–Crippen LogP) is 3.71. The highest BCUT2D eigenvalue weighted by atomic mass is 19.2. The maximum absolute atomic E-state index is 13.2. The van der Waals surface area contributed by atoms with Gasteiger partial charge in [-0.15, -0.1) is 0 Å². The molecule has 21 heavy (non-hydrogen) atoms. The van der Waals surface area contributed by atoms with Crippen LogP contribution in [0, 0.1) is 11.6 Å². The Bertz CT molecular complexity index is 572. The lowest BCUT2D eigenvalue weighted by molar-refractivity contribution is 0.498. The topological polar surface area (TPSA) is 38.0 Å². The van der Waals surface area contributed by atoms with Crippen molar-refractivity contribution in [3.63, 3.8) is 0 Å². The fourth-order valence-electron chi connectivity index (χ4n) is 2.22. The minimum atomic E-state index is -0.853. The van der Waals surface area contributed by atoms with Crippen molar-refractivity contribution in [1.29, 1.82) is 0 Å². The highest BCUT2D eigenvalue weighted by molar-refractivity contribution is 5.21. The van der Waals surface area contributed by atoms with Gasteiger partial charge in [0, 0.05) is 12.1 Å². The van der Waals surface area contributed by atoms with Crippen LogP contribution in [0.2, 0.25) is 0 Å². The Labute approximate surface area is 124 Å². The van der Waals surface area contributed by atoms with Gasteiger partial charge in [0.2, 0.25) is 0 Å². The lowest BCUT2D eigenvalue weighted by Crippen LogP contribution is -2.23. The van der Waals surface area contributed by atoms with E-state index in [9.17, 15) is 8.78 Å². The number of hydrogen-bond acceptors (Lipinski definition) is 2. The molecule has 0 heterocycles. The number of halogens is 2. The summed E-state index contributed by atoms with van der Waals surface area (Å²) in [6.45, 7) is 2.79. The molecule has 0 saturated carbocycles. The second-order valence-electron chi connectivity index (χ2n) is 5.16. The van der Waals surface area contributed by atoms with E-state index in [1.165, 1.54) is 17.7 Å². The first-order valence-corrected chi connectivity index (χ1v) is 7.07. The van der Waals surface area contributed by atoms with E-state index in [0.29, 0.717) is 18.5 Å². The van der Waals surface area contributed by atoms with Crippen molar-refractivity contribution in [2.75, 3.05) is 6.54 Å². The van der Waals surface area contributed by atoms with Crippen LogP contribution in [0.25, 0.3) is 0 Å².